The maximum absolute atomic E-state index is 12.0. The molecule has 0 spiro atoms. The molecular formula is C18H24O6. The van der Waals surface area contributed by atoms with E-state index in [4.69, 9.17) is 9.47 Å². The van der Waals surface area contributed by atoms with Crippen molar-refractivity contribution >= 4 is 11.9 Å². The van der Waals surface area contributed by atoms with Gasteiger partial charge in [0.1, 0.15) is 18.3 Å². The first-order chi connectivity index (χ1) is 11.4. The average molecular weight is 336 g/mol. The molecule has 6 nitrogen and oxygen atoms in total. The van der Waals surface area contributed by atoms with E-state index in [1.54, 1.807) is 6.08 Å². The molecule has 3 N–H and O–H groups in total. The summed E-state index contributed by atoms with van der Waals surface area (Å²) in [7, 11) is 1.34. The molecule has 24 heavy (non-hydrogen) atoms. The van der Waals surface area contributed by atoms with Crippen LogP contribution in [0.25, 0.3) is 6.08 Å². The Morgan fingerprint density at radius 3 is 2.46 bits per heavy atom. The molecule has 1 aliphatic rings. The van der Waals surface area contributed by atoms with Crippen molar-refractivity contribution in [2.75, 3.05) is 7.11 Å². The highest BCUT2D eigenvalue weighted by Gasteiger charge is 2.43. The summed E-state index contributed by atoms with van der Waals surface area (Å²) in [5.74, 6) is -0.110. The van der Waals surface area contributed by atoms with E-state index < -0.39 is 30.7 Å². The molecule has 0 amide bonds. The summed E-state index contributed by atoms with van der Waals surface area (Å²) in [4.78, 5) is 12.0. The van der Waals surface area contributed by atoms with Crippen molar-refractivity contribution < 1.29 is 29.6 Å². The fraction of sp³-hybridized carbons (Fsp3) is 0.500. The lowest BCUT2D eigenvalue weighted by Gasteiger charge is -2.39. The van der Waals surface area contributed by atoms with E-state index in [0.717, 1.165) is 11.1 Å². The molecule has 0 saturated carbocycles. The Bertz CT molecular complexity index is 565. The number of ether oxygens (including phenoxy) is 2. The predicted octanol–water partition coefficient (Wildman–Crippen LogP) is 0.812. The molecule has 1 fully saturated rings. The summed E-state index contributed by atoms with van der Waals surface area (Å²) in [5, 5.41) is 29.4. The zero-order chi connectivity index (χ0) is 17.7. The normalized spacial score (nSPS) is 30.6. The molecule has 6 heteroatoms. The molecule has 0 aliphatic carbocycles. The van der Waals surface area contributed by atoms with Crippen LogP contribution in [0.2, 0.25) is 0 Å². The van der Waals surface area contributed by atoms with Gasteiger partial charge >= 0.3 is 0 Å². The molecule has 1 aromatic carbocycles. The quantitative estimate of drug-likeness (QED) is 0.666. The number of ketones is 1. The van der Waals surface area contributed by atoms with Gasteiger partial charge in [-0.15, -0.1) is 0 Å². The number of aryl methyl sites for hydroxylation is 1. The Morgan fingerprint density at radius 1 is 1.17 bits per heavy atom. The van der Waals surface area contributed by atoms with Crippen LogP contribution >= 0.6 is 0 Å². The van der Waals surface area contributed by atoms with Crippen molar-refractivity contribution in [3.05, 3.63) is 41.5 Å². The third kappa shape index (κ3) is 4.72. The highest BCUT2D eigenvalue weighted by Crippen LogP contribution is 2.24. The number of hydrogen-bond acceptors (Lipinski definition) is 6. The Labute approximate surface area is 141 Å². The summed E-state index contributed by atoms with van der Waals surface area (Å²) >= 11 is 0. The summed E-state index contributed by atoms with van der Waals surface area (Å²) in [5.41, 5.74) is 2.08. The van der Waals surface area contributed by atoms with Crippen molar-refractivity contribution in [2.24, 2.45) is 0 Å². The Kier molecular flexibility index (Phi) is 6.65. The van der Waals surface area contributed by atoms with Crippen LogP contribution in [0.1, 0.15) is 24.0 Å². The summed E-state index contributed by atoms with van der Waals surface area (Å²) in [6.07, 6.45) is -2.15. The van der Waals surface area contributed by atoms with Crippen LogP contribution in [-0.4, -0.2) is 58.9 Å². The van der Waals surface area contributed by atoms with E-state index in [-0.39, 0.29) is 18.6 Å². The molecular weight excluding hydrogens is 312 g/mol. The van der Waals surface area contributed by atoms with Gasteiger partial charge in [-0.3, -0.25) is 4.79 Å². The fourth-order valence-corrected chi connectivity index (χ4v) is 2.58. The molecule has 1 heterocycles. The number of rotatable bonds is 6. The predicted molar refractivity (Wildman–Crippen MR) is 88.1 cm³/mol. The smallest absolute Gasteiger partial charge is 0.186 e. The molecule has 132 valence electrons. The number of carbonyl (C=O) groups excluding carboxylic acids is 1. The molecule has 0 bridgehead atoms. The van der Waals surface area contributed by atoms with E-state index in [1.807, 2.05) is 31.2 Å². The Hall–Kier alpha value is -1.57. The molecule has 2 unspecified atom stereocenters. The first-order valence-electron chi connectivity index (χ1n) is 7.92. The van der Waals surface area contributed by atoms with Crippen LogP contribution in [0.5, 0.6) is 0 Å². The van der Waals surface area contributed by atoms with Crippen molar-refractivity contribution in [3.8, 4) is 0 Å². The van der Waals surface area contributed by atoms with Crippen LogP contribution in [0.4, 0.5) is 0 Å². The monoisotopic (exact) mass is 336 g/mol. The number of methoxy groups -OCH3 is 1. The zero-order valence-corrected chi connectivity index (χ0v) is 13.8. The molecule has 0 aromatic heterocycles. The van der Waals surface area contributed by atoms with Gasteiger partial charge in [-0.05, 0) is 25.0 Å². The summed E-state index contributed by atoms with van der Waals surface area (Å²) in [6.45, 7) is 1.99. The Balaban J connectivity index is 1.87. The van der Waals surface area contributed by atoms with Gasteiger partial charge in [0.2, 0.25) is 0 Å². The van der Waals surface area contributed by atoms with Crippen LogP contribution in [0.15, 0.2) is 30.3 Å². The third-order valence-electron chi connectivity index (χ3n) is 4.12. The standard InChI is InChI=1S/C18H24O6/c1-11-3-5-12(6-4-11)7-8-13(19)9-10-14-15(20)16(21)17(22)18(23-2)24-14/h3-8,14-18,20-22H,9-10H2,1-2H3/b8-7+/t14-,15?,16-,17+,18?/m1/s1. The second-order valence-corrected chi connectivity index (χ2v) is 6.00. The van der Waals surface area contributed by atoms with Gasteiger partial charge in [0.15, 0.2) is 12.1 Å². The second-order valence-electron chi connectivity index (χ2n) is 6.00. The first kappa shape index (κ1) is 18.8. The summed E-state index contributed by atoms with van der Waals surface area (Å²) in [6, 6.07) is 7.78. The molecule has 1 saturated heterocycles. The maximum atomic E-state index is 12.0. The van der Waals surface area contributed by atoms with E-state index in [2.05, 4.69) is 0 Å². The molecule has 5 atom stereocenters. The molecule has 0 radical (unpaired) electrons. The van der Waals surface area contributed by atoms with Gasteiger partial charge in [-0.2, -0.15) is 0 Å². The van der Waals surface area contributed by atoms with Gasteiger partial charge in [-0.1, -0.05) is 35.9 Å². The van der Waals surface area contributed by atoms with Gasteiger partial charge in [-0.25, -0.2) is 0 Å². The van der Waals surface area contributed by atoms with E-state index in [9.17, 15) is 20.1 Å². The largest absolute Gasteiger partial charge is 0.388 e. The van der Waals surface area contributed by atoms with Crippen molar-refractivity contribution in [1.82, 2.24) is 0 Å². The van der Waals surface area contributed by atoms with Gasteiger partial charge in [0.05, 0.1) is 6.10 Å². The SMILES string of the molecule is COC1O[C@H](CCC(=O)/C=C/c2ccc(C)cc2)C(O)[C@@H](O)[C@@H]1O. The minimum absolute atomic E-state index is 0.110. The van der Waals surface area contributed by atoms with Crippen molar-refractivity contribution in [3.63, 3.8) is 0 Å². The number of allylic oxidation sites excluding steroid dienone is 1. The van der Waals surface area contributed by atoms with E-state index in [0.29, 0.717) is 0 Å². The lowest BCUT2D eigenvalue weighted by Crippen LogP contribution is -2.57. The Morgan fingerprint density at radius 2 is 1.83 bits per heavy atom. The van der Waals surface area contributed by atoms with Crippen LogP contribution in [0, 0.1) is 6.92 Å². The van der Waals surface area contributed by atoms with Crippen LogP contribution in [-0.2, 0) is 14.3 Å². The minimum Gasteiger partial charge on any atom is -0.388 e. The van der Waals surface area contributed by atoms with Crippen molar-refractivity contribution in [2.45, 2.75) is 50.5 Å². The zero-order valence-electron chi connectivity index (χ0n) is 13.8. The number of hydrogen-bond donors (Lipinski definition) is 3. The van der Waals surface area contributed by atoms with Gasteiger partial charge in [0, 0.05) is 13.5 Å². The number of aliphatic hydroxyl groups is 3. The van der Waals surface area contributed by atoms with Crippen molar-refractivity contribution in [1.29, 1.82) is 0 Å². The second kappa shape index (κ2) is 8.50. The average Bonchev–Trinajstić information content (AvgIpc) is 2.58. The minimum atomic E-state index is -1.37. The molecule has 1 aliphatic heterocycles. The number of carbonyl (C=O) groups is 1. The van der Waals surface area contributed by atoms with E-state index >= 15 is 0 Å². The van der Waals surface area contributed by atoms with Gasteiger partial charge < -0.3 is 24.8 Å². The van der Waals surface area contributed by atoms with Gasteiger partial charge in [0.25, 0.3) is 0 Å². The lowest BCUT2D eigenvalue weighted by molar-refractivity contribution is -0.290. The number of aliphatic hydroxyl groups excluding tert-OH is 3. The first-order valence-corrected chi connectivity index (χ1v) is 7.92. The van der Waals surface area contributed by atoms with Crippen LogP contribution < -0.4 is 0 Å². The number of benzene rings is 1. The molecule has 1 aromatic rings. The third-order valence-corrected chi connectivity index (χ3v) is 4.12. The highest BCUT2D eigenvalue weighted by atomic mass is 16.7. The topological polar surface area (TPSA) is 96.2 Å². The highest BCUT2D eigenvalue weighted by molar-refractivity contribution is 5.93. The van der Waals surface area contributed by atoms with Crippen LogP contribution in [0.3, 0.4) is 0 Å². The fourth-order valence-electron chi connectivity index (χ4n) is 2.58. The maximum Gasteiger partial charge on any atom is 0.186 e. The van der Waals surface area contributed by atoms with E-state index in [1.165, 1.54) is 13.2 Å². The lowest BCUT2D eigenvalue weighted by atomic mass is 9.95. The molecule has 2 rings (SSSR count). The summed E-state index contributed by atoms with van der Waals surface area (Å²) < 4.78 is 10.3.